The van der Waals surface area contributed by atoms with Gasteiger partial charge in [-0.15, -0.1) is 0 Å². The molecule has 0 radical (unpaired) electrons. The minimum atomic E-state index is 0.647. The van der Waals surface area contributed by atoms with Gasteiger partial charge in [-0.25, -0.2) is 0 Å². The van der Waals surface area contributed by atoms with E-state index in [1.807, 2.05) is 0 Å². The van der Waals surface area contributed by atoms with Gasteiger partial charge in [0.2, 0.25) is 0 Å². The van der Waals surface area contributed by atoms with E-state index in [0.29, 0.717) is 5.92 Å². The van der Waals surface area contributed by atoms with Gasteiger partial charge in [-0.2, -0.15) is 0 Å². The minimum absolute atomic E-state index is 0.647. The molecule has 1 aromatic rings. The molecule has 0 aromatic heterocycles. The number of hydrogen-bond donors (Lipinski definition) is 0. The van der Waals surface area contributed by atoms with Crippen LogP contribution in [0.3, 0.4) is 0 Å². The first-order valence-corrected chi connectivity index (χ1v) is 7.48. The maximum atomic E-state index is 2.67. The molecule has 1 aliphatic heterocycles. The molecule has 0 unspecified atom stereocenters. The molecule has 1 nitrogen and oxygen atoms in total. The number of benzene rings is 1. The molecule has 1 aliphatic carbocycles. The molecule has 0 N–H and O–H groups in total. The second-order valence-corrected chi connectivity index (χ2v) is 6.56. The van der Waals surface area contributed by atoms with E-state index in [1.54, 1.807) is 16.7 Å². The average Bonchev–Trinajstić information content (AvgIpc) is 3.12. The molecule has 98 valence electrons. The predicted octanol–water partition coefficient (Wildman–Crippen LogP) is 3.89. The zero-order chi connectivity index (χ0) is 12.7. The van der Waals surface area contributed by atoms with Crippen molar-refractivity contribution >= 4 is 0 Å². The Morgan fingerprint density at radius 3 is 2.67 bits per heavy atom. The van der Waals surface area contributed by atoms with E-state index >= 15 is 0 Å². The van der Waals surface area contributed by atoms with Crippen LogP contribution in [0.5, 0.6) is 0 Å². The normalized spacial score (nSPS) is 20.2. The molecule has 1 heterocycles. The Balaban J connectivity index is 1.82. The maximum Gasteiger partial charge on any atom is 0.0236 e. The lowest BCUT2D eigenvalue weighted by Gasteiger charge is -2.30. The van der Waals surface area contributed by atoms with E-state index in [2.05, 4.69) is 37.8 Å². The highest BCUT2D eigenvalue weighted by molar-refractivity contribution is 5.40. The number of fused-ring (bicyclic) bond motifs is 1. The van der Waals surface area contributed by atoms with Gasteiger partial charge in [-0.3, -0.25) is 4.90 Å². The molecule has 0 bridgehead atoms. The van der Waals surface area contributed by atoms with Gasteiger partial charge < -0.3 is 0 Å². The Bertz CT molecular complexity index is 443. The van der Waals surface area contributed by atoms with Gasteiger partial charge in [-0.05, 0) is 60.3 Å². The fraction of sp³-hybridized carbons (Fsp3) is 0.647. The van der Waals surface area contributed by atoms with Gasteiger partial charge in [0.05, 0.1) is 0 Å². The Morgan fingerprint density at radius 2 is 2.00 bits per heavy atom. The molecule has 2 aliphatic rings. The van der Waals surface area contributed by atoms with Crippen molar-refractivity contribution in [3.05, 3.63) is 34.4 Å². The third kappa shape index (κ3) is 2.47. The first kappa shape index (κ1) is 12.2. The van der Waals surface area contributed by atoms with Gasteiger partial charge in [0.15, 0.2) is 0 Å². The lowest BCUT2D eigenvalue weighted by molar-refractivity contribution is 0.244. The molecule has 1 aromatic carbocycles. The third-order valence-corrected chi connectivity index (χ3v) is 4.51. The minimum Gasteiger partial charge on any atom is -0.298 e. The van der Waals surface area contributed by atoms with Crippen molar-refractivity contribution in [2.75, 3.05) is 13.1 Å². The molecule has 18 heavy (non-hydrogen) atoms. The van der Waals surface area contributed by atoms with Crippen molar-refractivity contribution in [2.45, 2.75) is 52.5 Å². The summed E-state index contributed by atoms with van der Waals surface area (Å²) in [5.74, 6) is 1.66. The maximum absolute atomic E-state index is 2.67. The summed E-state index contributed by atoms with van der Waals surface area (Å²) in [6.07, 6.45) is 4.18. The summed E-state index contributed by atoms with van der Waals surface area (Å²) < 4.78 is 0. The summed E-state index contributed by atoms with van der Waals surface area (Å²) in [5.41, 5.74) is 6.22. The van der Waals surface area contributed by atoms with Crippen molar-refractivity contribution in [2.24, 2.45) is 5.92 Å². The highest BCUT2D eigenvalue weighted by Crippen LogP contribution is 2.32. The third-order valence-electron chi connectivity index (χ3n) is 4.51. The van der Waals surface area contributed by atoms with Gasteiger partial charge in [0.1, 0.15) is 0 Å². The van der Waals surface area contributed by atoms with Crippen molar-refractivity contribution in [1.29, 1.82) is 0 Å². The quantitative estimate of drug-likeness (QED) is 0.778. The van der Waals surface area contributed by atoms with Crippen molar-refractivity contribution < 1.29 is 0 Å². The lowest BCUT2D eigenvalue weighted by atomic mass is 9.89. The van der Waals surface area contributed by atoms with E-state index in [1.165, 1.54) is 44.5 Å². The smallest absolute Gasteiger partial charge is 0.0236 e. The molecule has 1 heteroatoms. The van der Waals surface area contributed by atoms with E-state index in [-0.39, 0.29) is 0 Å². The van der Waals surface area contributed by atoms with E-state index < -0.39 is 0 Å². The number of hydrogen-bond acceptors (Lipinski definition) is 1. The molecule has 0 atom stereocenters. The van der Waals surface area contributed by atoms with Crippen molar-refractivity contribution in [3.63, 3.8) is 0 Å². The van der Waals surface area contributed by atoms with Crippen LogP contribution in [0.1, 0.15) is 54.9 Å². The number of aryl methyl sites for hydroxylation is 1. The van der Waals surface area contributed by atoms with Crippen LogP contribution in [-0.4, -0.2) is 18.0 Å². The van der Waals surface area contributed by atoms with Crippen LogP contribution < -0.4 is 0 Å². The van der Waals surface area contributed by atoms with Crippen LogP contribution in [0.15, 0.2) is 12.1 Å². The molecule has 0 spiro atoms. The predicted molar refractivity (Wildman–Crippen MR) is 77.0 cm³/mol. The van der Waals surface area contributed by atoms with E-state index in [0.717, 1.165) is 5.92 Å². The summed E-state index contributed by atoms with van der Waals surface area (Å²) >= 11 is 0. The Labute approximate surface area is 111 Å². The highest BCUT2D eigenvalue weighted by atomic mass is 15.1. The summed E-state index contributed by atoms with van der Waals surface area (Å²) in [6, 6.07) is 4.92. The second-order valence-electron chi connectivity index (χ2n) is 6.56. The average molecular weight is 243 g/mol. The SMILES string of the molecule is Cc1cc2c(cc1C(C)C)CN(CC1CC1)CC2. The van der Waals surface area contributed by atoms with E-state index in [9.17, 15) is 0 Å². The van der Waals surface area contributed by atoms with Crippen LogP contribution >= 0.6 is 0 Å². The Morgan fingerprint density at radius 1 is 1.22 bits per heavy atom. The summed E-state index contributed by atoms with van der Waals surface area (Å²) in [5, 5.41) is 0. The monoisotopic (exact) mass is 243 g/mol. The van der Waals surface area contributed by atoms with Crippen molar-refractivity contribution in [1.82, 2.24) is 4.90 Å². The summed E-state index contributed by atoms with van der Waals surface area (Å²) in [6.45, 7) is 10.7. The highest BCUT2D eigenvalue weighted by Gasteiger charge is 2.26. The van der Waals surface area contributed by atoms with Gasteiger partial charge in [-0.1, -0.05) is 26.0 Å². The molecular formula is C17H25N. The molecule has 0 saturated heterocycles. The molecular weight excluding hydrogens is 218 g/mol. The topological polar surface area (TPSA) is 3.24 Å². The van der Waals surface area contributed by atoms with Gasteiger partial charge in [0.25, 0.3) is 0 Å². The van der Waals surface area contributed by atoms with Crippen LogP contribution in [0.2, 0.25) is 0 Å². The molecule has 1 saturated carbocycles. The first-order chi connectivity index (χ1) is 8.63. The fourth-order valence-corrected chi connectivity index (χ4v) is 3.25. The van der Waals surface area contributed by atoms with Gasteiger partial charge >= 0.3 is 0 Å². The summed E-state index contributed by atoms with van der Waals surface area (Å²) in [4.78, 5) is 2.67. The lowest BCUT2D eigenvalue weighted by Crippen LogP contribution is -2.32. The second kappa shape index (κ2) is 4.70. The zero-order valence-corrected chi connectivity index (χ0v) is 12.0. The van der Waals surface area contributed by atoms with Gasteiger partial charge in [0, 0.05) is 19.6 Å². The van der Waals surface area contributed by atoms with Crippen LogP contribution in [-0.2, 0) is 13.0 Å². The fourth-order valence-electron chi connectivity index (χ4n) is 3.25. The van der Waals surface area contributed by atoms with Crippen LogP contribution in [0.25, 0.3) is 0 Å². The summed E-state index contributed by atoms with van der Waals surface area (Å²) in [7, 11) is 0. The molecule has 1 fully saturated rings. The molecule has 3 rings (SSSR count). The largest absolute Gasteiger partial charge is 0.298 e. The van der Waals surface area contributed by atoms with Crippen LogP contribution in [0, 0.1) is 12.8 Å². The molecule has 0 amide bonds. The number of nitrogens with zero attached hydrogens (tertiary/aromatic N) is 1. The van der Waals surface area contributed by atoms with E-state index in [4.69, 9.17) is 0 Å². The van der Waals surface area contributed by atoms with Crippen LogP contribution in [0.4, 0.5) is 0 Å². The Kier molecular flexibility index (Phi) is 3.19. The zero-order valence-electron chi connectivity index (χ0n) is 12.0. The standard InChI is InChI=1S/C17H25N/c1-12(2)17-9-16-11-18(10-14-4-5-14)7-6-15(16)8-13(17)3/h8-9,12,14H,4-7,10-11H2,1-3H3. The number of rotatable bonds is 3. The first-order valence-electron chi connectivity index (χ1n) is 7.48. The van der Waals surface area contributed by atoms with Crippen molar-refractivity contribution in [3.8, 4) is 0 Å². The Hall–Kier alpha value is -0.820.